The lowest BCUT2D eigenvalue weighted by Gasteiger charge is -2.31. The molecule has 0 unspecified atom stereocenters. The van der Waals surface area contributed by atoms with Crippen LogP contribution in [-0.2, 0) is 13.1 Å². The Morgan fingerprint density at radius 3 is 2.56 bits per heavy atom. The van der Waals surface area contributed by atoms with Gasteiger partial charge in [-0.2, -0.15) is 15.1 Å². The number of benzene rings is 2. The molecule has 252 valence electrons. The molecule has 13 heteroatoms. The van der Waals surface area contributed by atoms with Gasteiger partial charge in [-0.05, 0) is 99.3 Å². The third kappa shape index (κ3) is 5.33. The molecule has 1 N–H and O–H groups in total. The number of hydrogen-bond donors (Lipinski definition) is 1. The largest absolute Gasteiger partial charge is 0.508 e. The summed E-state index contributed by atoms with van der Waals surface area (Å²) in [6.07, 6.45) is 6.60. The van der Waals surface area contributed by atoms with Crippen LogP contribution in [0.2, 0.25) is 5.02 Å². The topological polar surface area (TPSA) is 99.9 Å². The van der Waals surface area contributed by atoms with Crippen molar-refractivity contribution in [2.24, 2.45) is 0 Å². The van der Waals surface area contributed by atoms with Crippen molar-refractivity contribution in [1.82, 2.24) is 29.5 Å². The van der Waals surface area contributed by atoms with E-state index in [4.69, 9.17) is 21.3 Å². The molecule has 3 aliphatic heterocycles. The summed E-state index contributed by atoms with van der Waals surface area (Å²) in [5.41, 5.74) is 1.54. The van der Waals surface area contributed by atoms with Crippen LogP contribution in [0, 0.1) is 11.6 Å². The number of nitrogens with zero attached hydrogens (tertiary/aromatic N) is 7. The average molecular weight is 678 g/mol. The number of fused-ring (bicyclic) bond motifs is 3. The lowest BCUT2D eigenvalue weighted by molar-refractivity contribution is 0.0821. The van der Waals surface area contributed by atoms with Gasteiger partial charge < -0.3 is 19.6 Å². The molecule has 4 aliphatic rings. The zero-order valence-corrected chi connectivity index (χ0v) is 27.9. The van der Waals surface area contributed by atoms with Crippen molar-refractivity contribution >= 4 is 34.2 Å². The van der Waals surface area contributed by atoms with Gasteiger partial charge in [0.25, 0.3) is 5.91 Å². The molecular weight excluding hydrogens is 640 g/mol. The van der Waals surface area contributed by atoms with E-state index < -0.39 is 11.6 Å². The summed E-state index contributed by atoms with van der Waals surface area (Å²) in [5, 5.41) is 15.5. The number of carbonyl (C=O) groups excluding carboxylic acids is 1. The molecule has 1 saturated carbocycles. The first-order valence-electron chi connectivity index (χ1n) is 16.8. The molecule has 2 aromatic heterocycles. The first-order chi connectivity index (χ1) is 23.1. The van der Waals surface area contributed by atoms with Crippen molar-refractivity contribution in [2.75, 3.05) is 45.2 Å². The van der Waals surface area contributed by atoms with Gasteiger partial charge in [0.05, 0.1) is 23.3 Å². The van der Waals surface area contributed by atoms with Gasteiger partial charge in [-0.1, -0.05) is 11.6 Å². The molecular formula is C35H38ClF2N7O3. The Kier molecular flexibility index (Phi) is 7.71. The molecule has 8 rings (SSSR count). The minimum absolute atomic E-state index is 0.0275. The highest BCUT2D eigenvalue weighted by molar-refractivity contribution is 6.32. The average Bonchev–Trinajstić information content (AvgIpc) is 3.57. The minimum atomic E-state index is -0.859. The smallest absolute Gasteiger partial charge is 0.319 e. The molecule has 0 spiro atoms. The Morgan fingerprint density at radius 2 is 1.83 bits per heavy atom. The fourth-order valence-corrected chi connectivity index (χ4v) is 8.31. The Bertz CT molecular complexity index is 1940. The molecule has 3 fully saturated rings. The highest BCUT2D eigenvalue weighted by atomic mass is 35.5. The van der Waals surface area contributed by atoms with Crippen LogP contribution < -0.4 is 9.64 Å². The Hall–Kier alpha value is -4.03. The van der Waals surface area contributed by atoms with Crippen LogP contribution in [0.4, 0.5) is 14.6 Å². The summed E-state index contributed by atoms with van der Waals surface area (Å²) in [6.45, 7) is 3.86. The van der Waals surface area contributed by atoms with Crippen LogP contribution in [-0.4, -0.2) is 86.4 Å². The molecule has 2 aromatic carbocycles. The fraction of sp³-hybridized carbons (Fsp3) is 0.486. The lowest BCUT2D eigenvalue weighted by atomic mass is 9.94. The predicted molar refractivity (Wildman–Crippen MR) is 178 cm³/mol. The van der Waals surface area contributed by atoms with Crippen molar-refractivity contribution < 1.29 is 23.4 Å². The second-order valence-electron chi connectivity index (χ2n) is 13.9. The van der Waals surface area contributed by atoms with Crippen LogP contribution in [0.25, 0.3) is 22.0 Å². The molecule has 5 heterocycles. The van der Waals surface area contributed by atoms with Crippen molar-refractivity contribution in [3.63, 3.8) is 0 Å². The van der Waals surface area contributed by atoms with E-state index in [2.05, 4.69) is 15.0 Å². The van der Waals surface area contributed by atoms with Crippen LogP contribution >= 0.6 is 11.6 Å². The number of aromatic nitrogens is 4. The number of phenolic OH excluding ortho intramolecular Hbond substituents is 1. The van der Waals surface area contributed by atoms with E-state index in [1.165, 1.54) is 23.1 Å². The summed E-state index contributed by atoms with van der Waals surface area (Å²) >= 11 is 6.54. The maximum absolute atomic E-state index is 16.9. The number of anilines is 1. The predicted octanol–water partition coefficient (Wildman–Crippen LogP) is 6.13. The van der Waals surface area contributed by atoms with E-state index in [-0.39, 0.29) is 56.2 Å². The Balaban J connectivity index is 1.25. The number of amides is 1. The monoisotopic (exact) mass is 677 g/mol. The molecule has 2 saturated heterocycles. The summed E-state index contributed by atoms with van der Waals surface area (Å²) in [7, 11) is 3.36. The van der Waals surface area contributed by atoms with Gasteiger partial charge in [0.1, 0.15) is 29.5 Å². The highest BCUT2D eigenvalue weighted by Crippen LogP contribution is 2.50. The summed E-state index contributed by atoms with van der Waals surface area (Å²) in [6, 6.07) is 5.86. The van der Waals surface area contributed by atoms with Gasteiger partial charge in [-0.3, -0.25) is 14.4 Å². The zero-order valence-electron chi connectivity index (χ0n) is 27.1. The van der Waals surface area contributed by atoms with E-state index in [1.54, 1.807) is 20.2 Å². The van der Waals surface area contributed by atoms with E-state index >= 15 is 8.78 Å². The number of carbonyl (C=O) groups is 1. The molecule has 10 nitrogen and oxygen atoms in total. The molecule has 0 bridgehead atoms. The lowest BCUT2D eigenvalue weighted by Crippen LogP contribution is -2.43. The summed E-state index contributed by atoms with van der Waals surface area (Å²) in [5.74, 6) is -1.62. The van der Waals surface area contributed by atoms with Gasteiger partial charge in [-0.25, -0.2) is 8.78 Å². The van der Waals surface area contributed by atoms with Crippen LogP contribution in [0.5, 0.6) is 11.8 Å². The maximum atomic E-state index is 16.9. The van der Waals surface area contributed by atoms with E-state index in [0.29, 0.717) is 49.7 Å². The second-order valence-corrected chi connectivity index (χ2v) is 14.3. The van der Waals surface area contributed by atoms with Crippen LogP contribution in [0.15, 0.2) is 24.3 Å². The van der Waals surface area contributed by atoms with Gasteiger partial charge in [-0.15, -0.1) is 0 Å². The first-order valence-corrected chi connectivity index (χ1v) is 17.1. The molecule has 0 radical (unpaired) electrons. The van der Waals surface area contributed by atoms with Crippen LogP contribution in [0.1, 0.15) is 72.6 Å². The highest BCUT2D eigenvalue weighted by Gasteiger charge is 2.45. The Morgan fingerprint density at radius 1 is 1.06 bits per heavy atom. The molecule has 0 atom stereocenters. The van der Waals surface area contributed by atoms with Crippen molar-refractivity contribution in [3.8, 4) is 22.9 Å². The number of ether oxygens (including phenoxy) is 1. The number of phenols is 1. The number of halogens is 3. The molecule has 48 heavy (non-hydrogen) atoms. The van der Waals surface area contributed by atoms with E-state index in [0.717, 1.165) is 57.3 Å². The number of rotatable bonds is 7. The normalized spacial score (nSPS) is 19.0. The van der Waals surface area contributed by atoms with Crippen molar-refractivity contribution in [2.45, 2.75) is 69.5 Å². The number of hydrogen-bond acceptors (Lipinski definition) is 8. The zero-order chi connectivity index (χ0) is 33.3. The SMILES string of the molecule is CN(C)C(=O)c1cc2n(n1)CCCN(c1nc(OCC34CCCN3CCC4)nc3c(F)c(-c4cc(O)cc(Cl)c4C4CC4)c(F)cc13)C2. The van der Waals surface area contributed by atoms with E-state index in [9.17, 15) is 9.90 Å². The van der Waals surface area contributed by atoms with Crippen molar-refractivity contribution in [3.05, 3.63) is 57.9 Å². The van der Waals surface area contributed by atoms with Crippen molar-refractivity contribution in [1.29, 1.82) is 0 Å². The van der Waals surface area contributed by atoms with Gasteiger partial charge in [0, 0.05) is 37.6 Å². The maximum Gasteiger partial charge on any atom is 0.319 e. The molecule has 1 aliphatic carbocycles. The Labute approximate surface area is 282 Å². The van der Waals surface area contributed by atoms with Gasteiger partial charge >= 0.3 is 6.01 Å². The number of aryl methyl sites for hydroxylation is 1. The standard InChI is InChI=1S/C35H38ClF2N7O3/c1-42(2)33(47)27-14-21-18-43(10-5-13-45(21)41-27)32-24-17-26(37)29(23-15-22(46)16-25(36)28(23)20-6-7-20)30(38)31(24)39-34(40-32)48-19-35-8-3-11-44(35)12-4-9-35/h14-17,20,46H,3-13,18-19H2,1-2H3. The summed E-state index contributed by atoms with van der Waals surface area (Å²) in [4.78, 5) is 28.0. The molecule has 4 aromatic rings. The van der Waals surface area contributed by atoms with Gasteiger partial charge in [0.15, 0.2) is 11.5 Å². The number of aromatic hydroxyl groups is 1. The summed E-state index contributed by atoms with van der Waals surface area (Å²) < 4.78 is 41.4. The third-order valence-corrected chi connectivity index (χ3v) is 10.7. The van der Waals surface area contributed by atoms with Gasteiger partial charge in [0.2, 0.25) is 0 Å². The minimum Gasteiger partial charge on any atom is -0.508 e. The second kappa shape index (κ2) is 11.8. The quantitative estimate of drug-likeness (QED) is 0.250. The molecule has 1 amide bonds. The van der Waals surface area contributed by atoms with Crippen LogP contribution in [0.3, 0.4) is 0 Å². The fourth-order valence-electron chi connectivity index (χ4n) is 7.95. The first kappa shape index (κ1) is 31.3. The third-order valence-electron chi connectivity index (χ3n) is 10.4. The van der Waals surface area contributed by atoms with E-state index in [1.807, 2.05) is 9.58 Å².